The van der Waals surface area contributed by atoms with E-state index in [0.717, 1.165) is 27.8 Å². The van der Waals surface area contributed by atoms with E-state index in [1.165, 1.54) is 12.4 Å². The second-order valence-electron chi connectivity index (χ2n) is 6.77. The Balaban J connectivity index is 1.55. The van der Waals surface area contributed by atoms with E-state index in [1.54, 1.807) is 28.8 Å². The third-order valence-corrected chi connectivity index (χ3v) is 4.59. The van der Waals surface area contributed by atoms with E-state index >= 15 is 0 Å². The van der Waals surface area contributed by atoms with Gasteiger partial charge in [0.25, 0.3) is 0 Å². The summed E-state index contributed by atoms with van der Waals surface area (Å²) >= 11 is 0. The number of amides is 2. The van der Waals surface area contributed by atoms with E-state index in [9.17, 15) is 9.18 Å². The lowest BCUT2D eigenvalue weighted by Gasteiger charge is -2.10. The fourth-order valence-corrected chi connectivity index (χ4v) is 3.26. The van der Waals surface area contributed by atoms with E-state index in [1.807, 2.05) is 32.2 Å². The molecule has 146 valence electrons. The molecular weight excluding hydrogens is 371 g/mol. The molecule has 2 amide bonds. The molecule has 29 heavy (non-hydrogen) atoms. The Bertz CT molecular complexity index is 1220. The Morgan fingerprint density at radius 1 is 1.10 bits per heavy atom. The predicted molar refractivity (Wildman–Crippen MR) is 111 cm³/mol. The van der Waals surface area contributed by atoms with Crippen LogP contribution in [0, 0.1) is 19.7 Å². The molecule has 2 heterocycles. The number of aromatic nitrogens is 3. The second kappa shape index (κ2) is 7.23. The molecule has 0 radical (unpaired) electrons. The first-order valence-electron chi connectivity index (χ1n) is 8.95. The lowest BCUT2D eigenvalue weighted by atomic mass is 10.0. The van der Waals surface area contributed by atoms with Gasteiger partial charge in [0, 0.05) is 17.4 Å². The minimum Gasteiger partial charge on any atom is -0.382 e. The number of aryl methyl sites for hydroxylation is 2. The third kappa shape index (κ3) is 3.60. The van der Waals surface area contributed by atoms with Gasteiger partial charge in [-0.3, -0.25) is 0 Å². The standard InChI is InChI=1S/C21H19FN6O/c1-12-3-8-16(22)17(9-12)27-21(29)26-15-6-4-14(5-7-15)18-13(2)10-28-19(18)20(23)24-11-25-28/h3-11H,1-2H3,(H2,23,24,25)(H2,26,27,29). The Morgan fingerprint density at radius 2 is 1.86 bits per heavy atom. The number of fused-ring (bicyclic) bond motifs is 1. The zero-order valence-corrected chi connectivity index (χ0v) is 15.9. The van der Waals surface area contributed by atoms with Crippen LogP contribution < -0.4 is 16.4 Å². The summed E-state index contributed by atoms with van der Waals surface area (Å²) in [4.78, 5) is 16.3. The fourth-order valence-electron chi connectivity index (χ4n) is 3.26. The van der Waals surface area contributed by atoms with Crippen molar-refractivity contribution < 1.29 is 9.18 Å². The topological polar surface area (TPSA) is 97.3 Å². The van der Waals surface area contributed by atoms with Crippen molar-refractivity contribution in [2.75, 3.05) is 16.4 Å². The van der Waals surface area contributed by atoms with Crippen molar-refractivity contribution >= 4 is 28.7 Å². The molecule has 8 heteroatoms. The molecule has 0 bridgehead atoms. The summed E-state index contributed by atoms with van der Waals surface area (Å²) in [6.45, 7) is 3.80. The van der Waals surface area contributed by atoms with Gasteiger partial charge in [0.05, 0.1) is 5.69 Å². The molecule has 0 aliphatic rings. The highest BCUT2D eigenvalue weighted by molar-refractivity contribution is 6.00. The van der Waals surface area contributed by atoms with Crippen LogP contribution >= 0.6 is 0 Å². The summed E-state index contributed by atoms with van der Waals surface area (Å²) in [5, 5.41) is 9.41. The molecule has 4 aromatic rings. The number of carbonyl (C=O) groups excluding carboxylic acids is 1. The van der Waals surface area contributed by atoms with Crippen LogP contribution in [0.25, 0.3) is 16.6 Å². The molecule has 0 unspecified atom stereocenters. The van der Waals surface area contributed by atoms with Crippen LogP contribution in [0.15, 0.2) is 55.0 Å². The van der Waals surface area contributed by atoms with E-state index in [2.05, 4.69) is 20.7 Å². The third-order valence-electron chi connectivity index (χ3n) is 4.59. The first-order valence-corrected chi connectivity index (χ1v) is 8.95. The van der Waals surface area contributed by atoms with E-state index < -0.39 is 11.8 Å². The highest BCUT2D eigenvalue weighted by atomic mass is 19.1. The van der Waals surface area contributed by atoms with Gasteiger partial charge in [-0.05, 0) is 54.8 Å². The molecule has 0 aliphatic carbocycles. The van der Waals surface area contributed by atoms with Crippen LogP contribution in [0.1, 0.15) is 11.1 Å². The molecule has 0 atom stereocenters. The number of benzene rings is 2. The maximum atomic E-state index is 13.8. The number of nitrogen functional groups attached to an aromatic ring is 1. The number of hydrogen-bond acceptors (Lipinski definition) is 4. The number of halogens is 1. The summed E-state index contributed by atoms with van der Waals surface area (Å²) < 4.78 is 15.5. The Morgan fingerprint density at radius 3 is 2.62 bits per heavy atom. The number of nitrogens with two attached hydrogens (primary N) is 1. The van der Waals surface area contributed by atoms with E-state index in [0.29, 0.717) is 11.5 Å². The Kier molecular flexibility index (Phi) is 4.59. The Hall–Kier alpha value is -3.94. The second-order valence-corrected chi connectivity index (χ2v) is 6.77. The Labute approximate surface area is 166 Å². The minimum absolute atomic E-state index is 0.130. The highest BCUT2D eigenvalue weighted by Crippen LogP contribution is 2.32. The minimum atomic E-state index is -0.523. The predicted octanol–water partition coefficient (Wildman–Crippen LogP) is 4.38. The SMILES string of the molecule is Cc1ccc(F)c(NC(=O)Nc2ccc(-c3c(C)cn4ncnc(N)c34)cc2)c1. The van der Waals surface area contributed by atoms with Gasteiger partial charge in [-0.1, -0.05) is 18.2 Å². The first kappa shape index (κ1) is 18.4. The normalized spacial score (nSPS) is 10.9. The molecule has 0 saturated heterocycles. The maximum absolute atomic E-state index is 13.8. The van der Waals surface area contributed by atoms with Crippen LogP contribution in [-0.4, -0.2) is 20.6 Å². The van der Waals surface area contributed by atoms with E-state index in [-0.39, 0.29) is 5.69 Å². The molecule has 2 aromatic heterocycles. The average molecular weight is 390 g/mol. The highest BCUT2D eigenvalue weighted by Gasteiger charge is 2.14. The zero-order chi connectivity index (χ0) is 20.5. The molecule has 0 spiro atoms. The van der Waals surface area contributed by atoms with Gasteiger partial charge in [-0.25, -0.2) is 18.7 Å². The fraction of sp³-hybridized carbons (Fsp3) is 0.0952. The van der Waals surface area contributed by atoms with Crippen LogP contribution in [-0.2, 0) is 0 Å². The maximum Gasteiger partial charge on any atom is 0.323 e. The van der Waals surface area contributed by atoms with Gasteiger partial charge < -0.3 is 16.4 Å². The molecular formula is C21H19FN6O. The van der Waals surface area contributed by atoms with Crippen molar-refractivity contribution in [2.24, 2.45) is 0 Å². The molecule has 4 N–H and O–H groups in total. The number of nitrogens with one attached hydrogen (secondary N) is 2. The van der Waals surface area contributed by atoms with Crippen molar-refractivity contribution in [2.45, 2.75) is 13.8 Å². The van der Waals surface area contributed by atoms with Crippen molar-refractivity contribution in [3.05, 3.63) is 71.9 Å². The van der Waals surface area contributed by atoms with Crippen molar-refractivity contribution in [1.29, 1.82) is 0 Å². The lowest BCUT2D eigenvalue weighted by molar-refractivity contribution is 0.262. The van der Waals surface area contributed by atoms with Gasteiger partial charge in [0.1, 0.15) is 17.7 Å². The number of nitrogens with zero attached hydrogens (tertiary/aromatic N) is 3. The lowest BCUT2D eigenvalue weighted by Crippen LogP contribution is -2.20. The quantitative estimate of drug-likeness (QED) is 0.484. The van der Waals surface area contributed by atoms with Crippen LogP contribution in [0.5, 0.6) is 0 Å². The first-order chi connectivity index (χ1) is 13.9. The van der Waals surface area contributed by atoms with Crippen LogP contribution in [0.4, 0.5) is 26.4 Å². The zero-order valence-electron chi connectivity index (χ0n) is 15.9. The number of carbonyl (C=O) groups is 1. The van der Waals surface area contributed by atoms with Gasteiger partial charge in [-0.2, -0.15) is 5.10 Å². The molecule has 2 aromatic carbocycles. The van der Waals surface area contributed by atoms with Gasteiger partial charge in [-0.15, -0.1) is 0 Å². The van der Waals surface area contributed by atoms with Crippen molar-refractivity contribution in [3.8, 4) is 11.1 Å². The van der Waals surface area contributed by atoms with Crippen molar-refractivity contribution in [1.82, 2.24) is 14.6 Å². The molecule has 0 fully saturated rings. The number of anilines is 3. The van der Waals surface area contributed by atoms with Crippen LogP contribution in [0.3, 0.4) is 0 Å². The molecule has 0 saturated carbocycles. The summed E-state index contributed by atoms with van der Waals surface area (Å²) in [6.07, 6.45) is 3.30. The number of rotatable bonds is 3. The summed E-state index contributed by atoms with van der Waals surface area (Å²) in [6, 6.07) is 11.3. The summed E-state index contributed by atoms with van der Waals surface area (Å²) in [5.41, 5.74) is 11.2. The monoisotopic (exact) mass is 390 g/mol. The smallest absolute Gasteiger partial charge is 0.323 e. The average Bonchev–Trinajstić information content (AvgIpc) is 3.02. The largest absolute Gasteiger partial charge is 0.382 e. The van der Waals surface area contributed by atoms with E-state index in [4.69, 9.17) is 5.73 Å². The summed E-state index contributed by atoms with van der Waals surface area (Å²) in [5.74, 6) is -0.0955. The van der Waals surface area contributed by atoms with Gasteiger partial charge in [0.2, 0.25) is 0 Å². The summed E-state index contributed by atoms with van der Waals surface area (Å²) in [7, 11) is 0. The van der Waals surface area contributed by atoms with Crippen LogP contribution in [0.2, 0.25) is 0 Å². The number of hydrogen-bond donors (Lipinski definition) is 3. The number of urea groups is 1. The van der Waals surface area contributed by atoms with Crippen molar-refractivity contribution in [3.63, 3.8) is 0 Å². The van der Waals surface area contributed by atoms with Gasteiger partial charge >= 0.3 is 6.03 Å². The van der Waals surface area contributed by atoms with Gasteiger partial charge in [0.15, 0.2) is 5.82 Å². The molecule has 4 rings (SSSR count). The molecule has 0 aliphatic heterocycles. The molecule has 7 nitrogen and oxygen atoms in total.